The quantitative estimate of drug-likeness (QED) is 0.0346. The fourth-order valence-electron chi connectivity index (χ4n) is 7.77. The van der Waals surface area contributed by atoms with Gasteiger partial charge in [0, 0.05) is 19.4 Å². The molecule has 1 atom stereocenters. The molecule has 0 spiro atoms. The Morgan fingerprint density at radius 2 is 0.712 bits per heavy atom. The molecule has 0 saturated heterocycles. The van der Waals surface area contributed by atoms with Crippen molar-refractivity contribution in [2.24, 2.45) is 0 Å². The van der Waals surface area contributed by atoms with Crippen LogP contribution in [0.15, 0.2) is 85.1 Å². The van der Waals surface area contributed by atoms with E-state index in [9.17, 15) is 9.59 Å². The SMILES string of the molecule is CC/C=C\C/C=C\C/C=C\C/C=C\CCC(=O)OC(COCCCCCCCCCCCCCCCCCCCC)COC(=O)CCCCCCCC/C=C\C/C=C\C/C=C\CCCCC. The Balaban J connectivity index is 4.32. The van der Waals surface area contributed by atoms with Gasteiger partial charge in [0.2, 0.25) is 0 Å². The van der Waals surface area contributed by atoms with E-state index in [1.807, 2.05) is 6.08 Å². The first kappa shape index (κ1) is 63.1. The lowest BCUT2D eigenvalue weighted by molar-refractivity contribution is -0.162. The Kier molecular flexibility index (Phi) is 53.9. The molecular weight excluding hydrogens is 813 g/mol. The first-order valence-corrected chi connectivity index (χ1v) is 28.1. The summed E-state index contributed by atoms with van der Waals surface area (Å²) in [7, 11) is 0. The fraction of sp³-hybridized carbons (Fsp3) is 0.738. The molecule has 66 heavy (non-hydrogen) atoms. The lowest BCUT2D eigenvalue weighted by atomic mass is 10.0. The Morgan fingerprint density at radius 3 is 1.18 bits per heavy atom. The molecular formula is C61H106O5. The number of ether oxygens (including phenoxy) is 3. The molecule has 1 unspecified atom stereocenters. The normalized spacial score (nSPS) is 12.8. The van der Waals surface area contributed by atoms with Crippen molar-refractivity contribution in [3.05, 3.63) is 85.1 Å². The van der Waals surface area contributed by atoms with Crippen LogP contribution in [0.1, 0.15) is 265 Å². The highest BCUT2D eigenvalue weighted by Crippen LogP contribution is 2.15. The lowest BCUT2D eigenvalue weighted by Gasteiger charge is -2.18. The highest BCUT2D eigenvalue weighted by Gasteiger charge is 2.17. The zero-order chi connectivity index (χ0) is 47.7. The maximum atomic E-state index is 12.8. The van der Waals surface area contributed by atoms with Gasteiger partial charge in [-0.25, -0.2) is 0 Å². The Hall–Kier alpha value is -2.92. The second-order valence-corrected chi connectivity index (χ2v) is 18.5. The summed E-state index contributed by atoms with van der Waals surface area (Å²) in [6.07, 6.45) is 74.7. The van der Waals surface area contributed by atoms with Gasteiger partial charge in [-0.15, -0.1) is 0 Å². The Labute approximate surface area is 409 Å². The van der Waals surface area contributed by atoms with Crippen LogP contribution in [0.5, 0.6) is 0 Å². The molecule has 380 valence electrons. The highest BCUT2D eigenvalue weighted by molar-refractivity contribution is 5.70. The minimum atomic E-state index is -0.582. The van der Waals surface area contributed by atoms with Gasteiger partial charge in [-0.2, -0.15) is 0 Å². The predicted octanol–water partition coefficient (Wildman–Crippen LogP) is 19.2. The lowest BCUT2D eigenvalue weighted by Crippen LogP contribution is -2.30. The van der Waals surface area contributed by atoms with Crippen LogP contribution in [0.25, 0.3) is 0 Å². The summed E-state index contributed by atoms with van der Waals surface area (Å²) in [6.45, 7) is 7.62. The summed E-state index contributed by atoms with van der Waals surface area (Å²) in [5.41, 5.74) is 0. The minimum absolute atomic E-state index is 0.0488. The Bertz CT molecular complexity index is 1220. The van der Waals surface area contributed by atoms with Crippen molar-refractivity contribution in [2.75, 3.05) is 19.8 Å². The molecule has 0 aliphatic heterocycles. The van der Waals surface area contributed by atoms with Crippen LogP contribution in [0.2, 0.25) is 0 Å². The summed E-state index contributed by atoms with van der Waals surface area (Å²) in [5, 5.41) is 0. The maximum Gasteiger partial charge on any atom is 0.306 e. The van der Waals surface area contributed by atoms with Gasteiger partial charge in [0.1, 0.15) is 6.61 Å². The van der Waals surface area contributed by atoms with E-state index in [2.05, 4.69) is 99.8 Å². The van der Waals surface area contributed by atoms with E-state index in [0.29, 0.717) is 25.9 Å². The zero-order valence-corrected chi connectivity index (χ0v) is 43.7. The van der Waals surface area contributed by atoms with Crippen LogP contribution < -0.4 is 0 Å². The van der Waals surface area contributed by atoms with Crippen LogP contribution in [-0.2, 0) is 23.8 Å². The van der Waals surface area contributed by atoms with Crippen LogP contribution in [0.4, 0.5) is 0 Å². The monoisotopic (exact) mass is 919 g/mol. The van der Waals surface area contributed by atoms with Gasteiger partial charge in [-0.05, 0) is 83.5 Å². The van der Waals surface area contributed by atoms with Crippen LogP contribution in [0.3, 0.4) is 0 Å². The van der Waals surface area contributed by atoms with Crippen molar-refractivity contribution in [3.63, 3.8) is 0 Å². The van der Waals surface area contributed by atoms with Crippen molar-refractivity contribution >= 4 is 11.9 Å². The number of hydrogen-bond acceptors (Lipinski definition) is 5. The maximum absolute atomic E-state index is 12.8. The van der Waals surface area contributed by atoms with Gasteiger partial charge in [-0.3, -0.25) is 9.59 Å². The molecule has 0 aromatic rings. The molecule has 0 amide bonds. The second-order valence-electron chi connectivity index (χ2n) is 18.5. The van der Waals surface area contributed by atoms with E-state index < -0.39 is 6.10 Å². The third kappa shape index (κ3) is 53.7. The van der Waals surface area contributed by atoms with Gasteiger partial charge < -0.3 is 14.2 Å². The van der Waals surface area contributed by atoms with Gasteiger partial charge in [0.25, 0.3) is 0 Å². The molecule has 0 rings (SSSR count). The van der Waals surface area contributed by atoms with Crippen LogP contribution >= 0.6 is 0 Å². The van der Waals surface area contributed by atoms with E-state index in [1.54, 1.807) is 0 Å². The van der Waals surface area contributed by atoms with E-state index in [1.165, 1.54) is 148 Å². The van der Waals surface area contributed by atoms with Crippen molar-refractivity contribution in [1.82, 2.24) is 0 Å². The van der Waals surface area contributed by atoms with E-state index in [4.69, 9.17) is 14.2 Å². The molecule has 5 heteroatoms. The molecule has 0 fully saturated rings. The highest BCUT2D eigenvalue weighted by atomic mass is 16.6. The number of allylic oxidation sites excluding steroid dienone is 14. The fourth-order valence-corrected chi connectivity index (χ4v) is 7.77. The van der Waals surface area contributed by atoms with Crippen molar-refractivity contribution < 1.29 is 23.8 Å². The van der Waals surface area contributed by atoms with Gasteiger partial charge in [0.05, 0.1) is 6.61 Å². The summed E-state index contributed by atoms with van der Waals surface area (Å²) in [4.78, 5) is 25.4. The topological polar surface area (TPSA) is 61.8 Å². The summed E-state index contributed by atoms with van der Waals surface area (Å²) < 4.78 is 17.4. The van der Waals surface area contributed by atoms with Crippen molar-refractivity contribution in [1.29, 1.82) is 0 Å². The van der Waals surface area contributed by atoms with Crippen LogP contribution in [-0.4, -0.2) is 37.9 Å². The van der Waals surface area contributed by atoms with Crippen molar-refractivity contribution in [2.45, 2.75) is 271 Å². The number of carbonyl (C=O) groups excluding carboxylic acids is 2. The molecule has 5 nitrogen and oxygen atoms in total. The standard InChI is InChI=1S/C61H106O5/c1-4-7-10-13-16-19-22-25-27-29-31-32-34-37-39-42-45-48-51-54-60(62)65-58-59(66-61(63)55-52-49-46-43-40-36-24-21-18-15-12-9-6-3)57-64-56-53-50-47-44-41-38-35-33-30-28-26-23-20-17-14-11-8-5-2/h9,12,16,18-19,21,25,27,31-32,36,40,46,49,59H,4-8,10-11,13-15,17,20,22-24,26,28-30,33-35,37-39,41-45,47-48,50-58H2,1-3H3/b12-9-,19-16-,21-18-,27-25-,32-31-,40-36-,49-46-. The molecule has 0 aliphatic rings. The smallest absolute Gasteiger partial charge is 0.306 e. The molecule has 0 radical (unpaired) electrons. The first-order valence-electron chi connectivity index (χ1n) is 28.1. The first-order chi connectivity index (χ1) is 32.6. The largest absolute Gasteiger partial charge is 0.462 e. The minimum Gasteiger partial charge on any atom is -0.462 e. The van der Waals surface area contributed by atoms with Gasteiger partial charge in [0.15, 0.2) is 6.10 Å². The zero-order valence-electron chi connectivity index (χ0n) is 43.7. The van der Waals surface area contributed by atoms with Crippen LogP contribution in [0, 0.1) is 0 Å². The summed E-state index contributed by atoms with van der Waals surface area (Å²) in [6, 6.07) is 0. The predicted molar refractivity (Wildman–Crippen MR) is 288 cm³/mol. The van der Waals surface area contributed by atoms with Crippen molar-refractivity contribution in [3.8, 4) is 0 Å². The number of hydrogen-bond donors (Lipinski definition) is 0. The molecule has 0 aromatic heterocycles. The summed E-state index contributed by atoms with van der Waals surface area (Å²) >= 11 is 0. The average Bonchev–Trinajstić information content (AvgIpc) is 3.32. The molecule has 0 aliphatic carbocycles. The summed E-state index contributed by atoms with van der Waals surface area (Å²) in [5.74, 6) is -0.499. The number of rotatable bonds is 51. The second kappa shape index (κ2) is 56.4. The Morgan fingerprint density at radius 1 is 0.348 bits per heavy atom. The van der Waals surface area contributed by atoms with E-state index in [-0.39, 0.29) is 25.2 Å². The number of carbonyl (C=O) groups is 2. The molecule has 0 N–H and O–H groups in total. The van der Waals surface area contributed by atoms with Gasteiger partial charge >= 0.3 is 11.9 Å². The van der Waals surface area contributed by atoms with Gasteiger partial charge in [-0.1, -0.05) is 254 Å². The number of unbranched alkanes of at least 4 members (excludes halogenated alkanes) is 26. The third-order valence-electron chi connectivity index (χ3n) is 11.9. The van der Waals surface area contributed by atoms with E-state index >= 15 is 0 Å². The molecule has 0 aromatic carbocycles. The molecule has 0 saturated carbocycles. The average molecular weight is 920 g/mol. The third-order valence-corrected chi connectivity index (χ3v) is 11.9. The molecule has 0 heterocycles. The molecule has 0 bridgehead atoms. The van der Waals surface area contributed by atoms with E-state index in [0.717, 1.165) is 77.0 Å². The number of esters is 2.